The van der Waals surface area contributed by atoms with Gasteiger partial charge in [-0.2, -0.15) is 0 Å². The van der Waals surface area contributed by atoms with E-state index >= 15 is 0 Å². The maximum Gasteiger partial charge on any atom is 0.291 e. The molecule has 0 spiro atoms. The lowest BCUT2D eigenvalue weighted by atomic mass is 10.0. The molecular weight excluding hydrogens is 316 g/mol. The van der Waals surface area contributed by atoms with Gasteiger partial charge in [0.1, 0.15) is 12.1 Å². The number of amides is 1. The topological polar surface area (TPSA) is 75.1 Å². The SMILES string of the molecule is Cc1cc(N(C2CC2)C2CCN(C(=O)c3ncccn3)CC2)ncn1. The molecule has 1 saturated heterocycles. The maximum absolute atomic E-state index is 12.5. The number of piperidine rings is 1. The van der Waals surface area contributed by atoms with Crippen LogP contribution in [-0.4, -0.2) is 55.9 Å². The molecule has 2 aromatic rings. The Kier molecular flexibility index (Phi) is 4.29. The monoisotopic (exact) mass is 338 g/mol. The highest BCUT2D eigenvalue weighted by Gasteiger charge is 2.37. The van der Waals surface area contributed by atoms with Crippen molar-refractivity contribution in [2.24, 2.45) is 0 Å². The van der Waals surface area contributed by atoms with Gasteiger partial charge in [0, 0.05) is 49.3 Å². The molecule has 1 amide bonds. The molecular formula is C18H22N6O. The molecule has 7 nitrogen and oxygen atoms in total. The normalized spacial score (nSPS) is 18.2. The Bertz CT molecular complexity index is 740. The van der Waals surface area contributed by atoms with Gasteiger partial charge in [-0.3, -0.25) is 4.79 Å². The van der Waals surface area contributed by atoms with E-state index in [1.165, 1.54) is 12.8 Å². The fourth-order valence-corrected chi connectivity index (χ4v) is 3.50. The van der Waals surface area contributed by atoms with Gasteiger partial charge in [0.15, 0.2) is 0 Å². The van der Waals surface area contributed by atoms with Gasteiger partial charge < -0.3 is 9.80 Å². The second-order valence-electron chi connectivity index (χ2n) is 6.75. The van der Waals surface area contributed by atoms with E-state index in [4.69, 9.17) is 0 Å². The first kappa shape index (κ1) is 15.9. The number of carbonyl (C=O) groups is 1. The largest absolute Gasteiger partial charge is 0.350 e. The number of aromatic nitrogens is 4. The van der Waals surface area contributed by atoms with Gasteiger partial charge in [-0.25, -0.2) is 19.9 Å². The first-order valence-electron chi connectivity index (χ1n) is 8.85. The first-order valence-corrected chi connectivity index (χ1v) is 8.85. The molecule has 0 N–H and O–H groups in total. The van der Waals surface area contributed by atoms with Gasteiger partial charge >= 0.3 is 0 Å². The maximum atomic E-state index is 12.5. The Morgan fingerprint density at radius 3 is 2.36 bits per heavy atom. The van der Waals surface area contributed by atoms with E-state index in [2.05, 4.69) is 30.9 Å². The number of hydrogen-bond donors (Lipinski definition) is 0. The van der Waals surface area contributed by atoms with Crippen LogP contribution in [0.2, 0.25) is 0 Å². The highest BCUT2D eigenvalue weighted by atomic mass is 16.2. The van der Waals surface area contributed by atoms with Crippen molar-refractivity contribution >= 4 is 11.7 Å². The molecule has 0 atom stereocenters. The van der Waals surface area contributed by atoms with Crippen molar-refractivity contribution in [1.29, 1.82) is 0 Å². The molecule has 2 fully saturated rings. The highest BCUT2D eigenvalue weighted by Crippen LogP contribution is 2.35. The fraction of sp³-hybridized carbons (Fsp3) is 0.500. The quantitative estimate of drug-likeness (QED) is 0.847. The minimum atomic E-state index is -0.0742. The van der Waals surface area contributed by atoms with Crippen molar-refractivity contribution in [1.82, 2.24) is 24.8 Å². The number of likely N-dealkylation sites (tertiary alicyclic amines) is 1. The average molecular weight is 338 g/mol. The average Bonchev–Trinajstić information content (AvgIpc) is 3.48. The number of nitrogens with zero attached hydrogens (tertiary/aromatic N) is 6. The van der Waals surface area contributed by atoms with Gasteiger partial charge in [0.2, 0.25) is 5.82 Å². The molecule has 0 unspecified atom stereocenters. The van der Waals surface area contributed by atoms with Gasteiger partial charge in [0.05, 0.1) is 0 Å². The van der Waals surface area contributed by atoms with Crippen LogP contribution >= 0.6 is 0 Å². The van der Waals surface area contributed by atoms with Crippen LogP contribution in [0.1, 0.15) is 42.0 Å². The second kappa shape index (κ2) is 6.74. The Morgan fingerprint density at radius 2 is 1.72 bits per heavy atom. The van der Waals surface area contributed by atoms with E-state index in [1.807, 2.05) is 11.8 Å². The third-order valence-electron chi connectivity index (χ3n) is 4.90. The molecule has 130 valence electrons. The summed E-state index contributed by atoms with van der Waals surface area (Å²) in [6.45, 7) is 3.46. The van der Waals surface area contributed by atoms with Crippen LogP contribution in [0.5, 0.6) is 0 Å². The Hall–Kier alpha value is -2.57. The Morgan fingerprint density at radius 1 is 1.04 bits per heavy atom. The fourth-order valence-electron chi connectivity index (χ4n) is 3.50. The molecule has 0 bridgehead atoms. The predicted octanol–water partition coefficient (Wildman–Crippen LogP) is 1.85. The summed E-state index contributed by atoms with van der Waals surface area (Å²) in [6.07, 6.45) is 9.19. The smallest absolute Gasteiger partial charge is 0.291 e. The summed E-state index contributed by atoms with van der Waals surface area (Å²) in [4.78, 5) is 33.7. The van der Waals surface area contributed by atoms with Crippen LogP contribution in [0.3, 0.4) is 0 Å². The number of anilines is 1. The second-order valence-corrected chi connectivity index (χ2v) is 6.75. The number of hydrogen-bond acceptors (Lipinski definition) is 6. The zero-order valence-corrected chi connectivity index (χ0v) is 14.4. The number of carbonyl (C=O) groups excluding carboxylic acids is 1. The van der Waals surface area contributed by atoms with Gasteiger partial charge in [-0.15, -0.1) is 0 Å². The summed E-state index contributed by atoms with van der Waals surface area (Å²) in [7, 11) is 0. The number of aryl methyl sites for hydroxylation is 1. The van der Waals surface area contributed by atoms with E-state index in [1.54, 1.807) is 24.8 Å². The lowest BCUT2D eigenvalue weighted by Gasteiger charge is -2.39. The summed E-state index contributed by atoms with van der Waals surface area (Å²) in [5.41, 5.74) is 0.990. The molecule has 0 radical (unpaired) electrons. The van der Waals surface area contributed by atoms with Crippen LogP contribution in [0, 0.1) is 6.92 Å². The lowest BCUT2D eigenvalue weighted by molar-refractivity contribution is 0.0699. The van der Waals surface area contributed by atoms with E-state index in [9.17, 15) is 4.79 Å². The van der Waals surface area contributed by atoms with Gasteiger partial charge in [0.25, 0.3) is 5.91 Å². The van der Waals surface area contributed by atoms with Crippen LogP contribution in [0.25, 0.3) is 0 Å². The summed E-state index contributed by atoms with van der Waals surface area (Å²) < 4.78 is 0. The third kappa shape index (κ3) is 3.45. The van der Waals surface area contributed by atoms with Gasteiger partial charge in [-0.1, -0.05) is 0 Å². The molecule has 1 aliphatic carbocycles. The highest BCUT2D eigenvalue weighted by molar-refractivity contribution is 5.90. The summed E-state index contributed by atoms with van der Waals surface area (Å²) >= 11 is 0. The molecule has 25 heavy (non-hydrogen) atoms. The number of rotatable bonds is 4. The van der Waals surface area contributed by atoms with Crippen molar-refractivity contribution < 1.29 is 4.79 Å². The zero-order chi connectivity index (χ0) is 17.2. The van der Waals surface area contributed by atoms with Crippen LogP contribution in [0.15, 0.2) is 30.9 Å². The first-order chi connectivity index (χ1) is 12.2. The van der Waals surface area contributed by atoms with E-state index in [0.717, 1.165) is 37.4 Å². The third-order valence-corrected chi connectivity index (χ3v) is 4.90. The van der Waals surface area contributed by atoms with Crippen molar-refractivity contribution in [2.45, 2.75) is 44.7 Å². The van der Waals surface area contributed by atoms with Crippen LogP contribution in [0.4, 0.5) is 5.82 Å². The van der Waals surface area contributed by atoms with Crippen molar-refractivity contribution in [3.63, 3.8) is 0 Å². The molecule has 4 rings (SSSR count). The van der Waals surface area contributed by atoms with E-state index in [-0.39, 0.29) is 11.7 Å². The summed E-state index contributed by atoms with van der Waals surface area (Å²) in [5.74, 6) is 1.23. The molecule has 3 heterocycles. The Labute approximate surface area is 147 Å². The molecule has 2 aromatic heterocycles. The van der Waals surface area contributed by atoms with Crippen LogP contribution < -0.4 is 4.90 Å². The van der Waals surface area contributed by atoms with Crippen molar-refractivity contribution in [2.75, 3.05) is 18.0 Å². The minimum absolute atomic E-state index is 0.0742. The lowest BCUT2D eigenvalue weighted by Crippen LogP contribution is -2.48. The summed E-state index contributed by atoms with van der Waals surface area (Å²) in [5, 5.41) is 0. The zero-order valence-electron chi connectivity index (χ0n) is 14.4. The van der Waals surface area contributed by atoms with E-state index < -0.39 is 0 Å². The van der Waals surface area contributed by atoms with Crippen LogP contribution in [-0.2, 0) is 0 Å². The Balaban J connectivity index is 1.44. The van der Waals surface area contributed by atoms with Crippen molar-refractivity contribution in [3.05, 3.63) is 42.4 Å². The molecule has 1 aliphatic heterocycles. The minimum Gasteiger partial charge on any atom is -0.350 e. The molecule has 1 saturated carbocycles. The molecule has 7 heteroatoms. The standard InChI is InChI=1S/C18H22N6O/c1-13-11-16(22-12-21-13)24(14-3-4-14)15-5-9-23(10-6-15)18(25)17-19-7-2-8-20-17/h2,7-8,11-12,14-15H,3-6,9-10H2,1H3. The molecule has 2 aliphatic rings. The van der Waals surface area contributed by atoms with Crippen molar-refractivity contribution in [3.8, 4) is 0 Å². The predicted molar refractivity (Wildman–Crippen MR) is 93.2 cm³/mol. The summed E-state index contributed by atoms with van der Waals surface area (Å²) in [6, 6.07) is 4.79. The molecule has 0 aromatic carbocycles. The van der Waals surface area contributed by atoms with E-state index in [0.29, 0.717) is 12.1 Å². The van der Waals surface area contributed by atoms with Gasteiger partial charge in [-0.05, 0) is 38.7 Å².